The van der Waals surface area contributed by atoms with E-state index in [2.05, 4.69) is 4.72 Å². The normalized spacial score (nSPS) is 24.0. The minimum Gasteiger partial charge on any atom is -0.381 e. The van der Waals surface area contributed by atoms with Crippen molar-refractivity contribution in [1.29, 1.82) is 0 Å². The number of methoxy groups -OCH3 is 1. The highest BCUT2D eigenvalue weighted by Crippen LogP contribution is 2.11. The fourth-order valence-corrected chi connectivity index (χ4v) is 3.07. The lowest BCUT2D eigenvalue weighted by molar-refractivity contribution is 0.136. The van der Waals surface area contributed by atoms with Gasteiger partial charge in [0.2, 0.25) is 10.0 Å². The molecule has 0 aromatic carbocycles. The predicted molar refractivity (Wildman–Crippen MR) is 60.2 cm³/mol. The van der Waals surface area contributed by atoms with Crippen LogP contribution in [0.25, 0.3) is 0 Å². The SMILES string of the molecule is CO[C@H](C)CS(=O)(=O)N[C@@H]1C=CCCC1. The zero-order valence-electron chi connectivity index (χ0n) is 9.27. The molecule has 0 aromatic rings. The second kappa shape index (κ2) is 5.63. The molecule has 0 saturated carbocycles. The van der Waals surface area contributed by atoms with Crippen molar-refractivity contribution in [3.63, 3.8) is 0 Å². The molecular formula is C10H19NO3S. The van der Waals surface area contributed by atoms with E-state index in [1.807, 2.05) is 12.2 Å². The van der Waals surface area contributed by atoms with Crippen LogP contribution in [-0.4, -0.2) is 33.4 Å². The first-order valence-electron chi connectivity index (χ1n) is 5.23. The van der Waals surface area contributed by atoms with Crippen LogP contribution in [0.2, 0.25) is 0 Å². The van der Waals surface area contributed by atoms with Gasteiger partial charge < -0.3 is 4.74 Å². The Morgan fingerprint density at radius 1 is 1.60 bits per heavy atom. The van der Waals surface area contributed by atoms with E-state index in [-0.39, 0.29) is 17.9 Å². The van der Waals surface area contributed by atoms with E-state index >= 15 is 0 Å². The molecule has 1 aliphatic rings. The third-order valence-electron chi connectivity index (χ3n) is 2.44. The Balaban J connectivity index is 2.48. The van der Waals surface area contributed by atoms with Crippen LogP contribution in [0, 0.1) is 0 Å². The van der Waals surface area contributed by atoms with Gasteiger partial charge in [0.15, 0.2) is 0 Å². The van der Waals surface area contributed by atoms with Crippen molar-refractivity contribution < 1.29 is 13.2 Å². The van der Waals surface area contributed by atoms with E-state index in [1.165, 1.54) is 7.11 Å². The van der Waals surface area contributed by atoms with E-state index in [0.29, 0.717) is 0 Å². The Morgan fingerprint density at radius 2 is 2.33 bits per heavy atom. The summed E-state index contributed by atoms with van der Waals surface area (Å²) in [5.74, 6) is 0.0217. The van der Waals surface area contributed by atoms with Crippen molar-refractivity contribution in [2.75, 3.05) is 12.9 Å². The van der Waals surface area contributed by atoms with Crippen molar-refractivity contribution in [3.05, 3.63) is 12.2 Å². The van der Waals surface area contributed by atoms with Gasteiger partial charge in [-0.2, -0.15) is 0 Å². The Hall–Kier alpha value is -0.390. The van der Waals surface area contributed by atoms with E-state index in [0.717, 1.165) is 19.3 Å². The summed E-state index contributed by atoms with van der Waals surface area (Å²) in [6.07, 6.45) is 6.66. The average molecular weight is 233 g/mol. The first-order valence-corrected chi connectivity index (χ1v) is 6.88. The lowest BCUT2D eigenvalue weighted by Crippen LogP contribution is -2.38. The number of rotatable bonds is 5. The molecule has 0 spiro atoms. The standard InChI is InChI=1S/C10H19NO3S/c1-9(14-2)8-15(12,13)11-10-6-4-3-5-7-10/h4,6,9-11H,3,5,7-8H2,1-2H3/t9-,10-/m1/s1. The van der Waals surface area contributed by atoms with Crippen LogP contribution >= 0.6 is 0 Å². The van der Waals surface area contributed by atoms with Crippen LogP contribution in [0.15, 0.2) is 12.2 Å². The monoisotopic (exact) mass is 233 g/mol. The minimum atomic E-state index is -3.22. The van der Waals surface area contributed by atoms with Crippen LogP contribution in [-0.2, 0) is 14.8 Å². The summed E-state index contributed by atoms with van der Waals surface area (Å²) in [7, 11) is -1.70. The number of hydrogen-bond acceptors (Lipinski definition) is 3. The number of ether oxygens (including phenoxy) is 1. The summed E-state index contributed by atoms with van der Waals surface area (Å²) in [5, 5.41) is 0. The van der Waals surface area contributed by atoms with Gasteiger partial charge in [-0.3, -0.25) is 0 Å². The van der Waals surface area contributed by atoms with E-state index in [1.54, 1.807) is 6.92 Å². The first-order chi connectivity index (χ1) is 7.03. The van der Waals surface area contributed by atoms with Gasteiger partial charge in [0, 0.05) is 13.2 Å². The van der Waals surface area contributed by atoms with Crippen molar-refractivity contribution >= 4 is 10.0 Å². The van der Waals surface area contributed by atoms with Gasteiger partial charge >= 0.3 is 0 Å². The van der Waals surface area contributed by atoms with Crippen LogP contribution in [0.3, 0.4) is 0 Å². The molecule has 1 N–H and O–H groups in total. The molecule has 0 unspecified atom stereocenters. The van der Waals surface area contributed by atoms with E-state index in [9.17, 15) is 8.42 Å². The zero-order valence-corrected chi connectivity index (χ0v) is 10.1. The topological polar surface area (TPSA) is 55.4 Å². The summed E-state index contributed by atoms with van der Waals surface area (Å²) >= 11 is 0. The Morgan fingerprint density at radius 3 is 2.87 bits per heavy atom. The van der Waals surface area contributed by atoms with Crippen molar-refractivity contribution in [3.8, 4) is 0 Å². The fourth-order valence-electron chi connectivity index (χ4n) is 1.57. The Labute approximate surface area is 91.8 Å². The number of hydrogen-bond donors (Lipinski definition) is 1. The molecule has 88 valence electrons. The Kier molecular flexibility index (Phi) is 4.76. The molecule has 0 fully saturated rings. The molecule has 0 heterocycles. The maximum absolute atomic E-state index is 11.6. The third-order valence-corrected chi connectivity index (χ3v) is 4.01. The third kappa shape index (κ3) is 4.77. The molecule has 2 atom stereocenters. The molecule has 0 aliphatic heterocycles. The maximum Gasteiger partial charge on any atom is 0.214 e. The molecular weight excluding hydrogens is 214 g/mol. The maximum atomic E-state index is 11.6. The highest BCUT2D eigenvalue weighted by Gasteiger charge is 2.19. The molecule has 1 rings (SSSR count). The van der Waals surface area contributed by atoms with Gasteiger partial charge in [-0.1, -0.05) is 12.2 Å². The predicted octanol–water partition coefficient (Wildman–Crippen LogP) is 1.05. The zero-order chi connectivity index (χ0) is 11.3. The van der Waals surface area contributed by atoms with Gasteiger partial charge in [0.05, 0.1) is 11.9 Å². The van der Waals surface area contributed by atoms with Gasteiger partial charge in [-0.25, -0.2) is 13.1 Å². The number of nitrogens with one attached hydrogen (secondary N) is 1. The van der Waals surface area contributed by atoms with Crippen LogP contribution in [0.5, 0.6) is 0 Å². The Bertz CT molecular complexity index is 311. The van der Waals surface area contributed by atoms with Gasteiger partial charge in [-0.05, 0) is 26.2 Å². The molecule has 0 bridgehead atoms. The molecule has 0 aromatic heterocycles. The average Bonchev–Trinajstić information content (AvgIpc) is 2.17. The first kappa shape index (κ1) is 12.7. The quantitative estimate of drug-likeness (QED) is 0.722. The second-order valence-corrected chi connectivity index (χ2v) is 5.71. The molecule has 5 heteroatoms. The highest BCUT2D eigenvalue weighted by molar-refractivity contribution is 7.89. The molecule has 4 nitrogen and oxygen atoms in total. The van der Waals surface area contributed by atoms with Crippen LogP contribution in [0.1, 0.15) is 26.2 Å². The summed E-state index contributed by atoms with van der Waals surface area (Å²) in [6, 6.07) is -0.0344. The molecule has 0 saturated heterocycles. The fraction of sp³-hybridized carbons (Fsp3) is 0.800. The van der Waals surface area contributed by atoms with Gasteiger partial charge in [0.25, 0.3) is 0 Å². The lowest BCUT2D eigenvalue weighted by Gasteiger charge is -2.19. The van der Waals surface area contributed by atoms with E-state index < -0.39 is 10.0 Å². The molecule has 0 amide bonds. The second-order valence-electron chi connectivity index (χ2n) is 3.91. The van der Waals surface area contributed by atoms with Crippen molar-refractivity contribution in [1.82, 2.24) is 4.72 Å². The minimum absolute atomic E-state index is 0.0217. The summed E-state index contributed by atoms with van der Waals surface area (Å²) in [5.41, 5.74) is 0. The molecule has 1 aliphatic carbocycles. The van der Waals surface area contributed by atoms with Crippen LogP contribution in [0.4, 0.5) is 0 Å². The molecule has 15 heavy (non-hydrogen) atoms. The summed E-state index contributed by atoms with van der Waals surface area (Å²) in [6.45, 7) is 1.75. The lowest BCUT2D eigenvalue weighted by atomic mass is 10.0. The van der Waals surface area contributed by atoms with Crippen molar-refractivity contribution in [2.45, 2.75) is 38.3 Å². The van der Waals surface area contributed by atoms with Crippen LogP contribution < -0.4 is 4.72 Å². The smallest absolute Gasteiger partial charge is 0.214 e. The van der Waals surface area contributed by atoms with Gasteiger partial charge in [-0.15, -0.1) is 0 Å². The molecule has 0 radical (unpaired) electrons. The summed E-state index contributed by atoms with van der Waals surface area (Å²) < 4.78 is 30.9. The van der Waals surface area contributed by atoms with Crippen molar-refractivity contribution in [2.24, 2.45) is 0 Å². The highest BCUT2D eigenvalue weighted by atomic mass is 32.2. The summed E-state index contributed by atoms with van der Waals surface area (Å²) in [4.78, 5) is 0. The van der Waals surface area contributed by atoms with E-state index in [4.69, 9.17) is 4.74 Å². The van der Waals surface area contributed by atoms with Gasteiger partial charge in [0.1, 0.15) is 0 Å². The largest absolute Gasteiger partial charge is 0.381 e. The number of sulfonamides is 1. The number of allylic oxidation sites excluding steroid dienone is 1.